The summed E-state index contributed by atoms with van der Waals surface area (Å²) < 4.78 is 0. The molecule has 0 amide bonds. The average molecular weight is 161 g/mol. The lowest BCUT2D eigenvalue weighted by molar-refractivity contribution is 0.779. The summed E-state index contributed by atoms with van der Waals surface area (Å²) >= 11 is 1.98. The molecule has 0 aromatic rings. The summed E-state index contributed by atoms with van der Waals surface area (Å²) in [5, 5.41) is 0.788. The van der Waals surface area contributed by atoms with Crippen LogP contribution in [0.25, 0.3) is 0 Å². The van der Waals surface area contributed by atoms with Crippen LogP contribution in [0.4, 0.5) is 0 Å². The van der Waals surface area contributed by atoms with Crippen LogP contribution in [0.5, 0.6) is 0 Å². The van der Waals surface area contributed by atoms with Crippen molar-refractivity contribution in [1.29, 1.82) is 0 Å². The Hall–Kier alpha value is 0.310. The van der Waals surface area contributed by atoms with E-state index in [9.17, 15) is 0 Å². The Morgan fingerprint density at radius 1 is 1.40 bits per heavy atom. The van der Waals surface area contributed by atoms with Crippen LogP contribution in [0, 0.1) is 0 Å². The van der Waals surface area contributed by atoms with E-state index in [1.54, 1.807) is 0 Å². The van der Waals surface area contributed by atoms with E-state index in [4.69, 9.17) is 5.73 Å². The first kappa shape index (κ1) is 10.3. The molecular weight excluding hydrogens is 142 g/mol. The number of hydrogen-bond donors (Lipinski definition) is 1. The minimum Gasteiger partial charge on any atom is -0.327 e. The van der Waals surface area contributed by atoms with Gasteiger partial charge in [0.2, 0.25) is 0 Å². The summed E-state index contributed by atoms with van der Waals surface area (Å²) in [5.74, 6) is 1.10. The molecule has 2 atom stereocenters. The largest absolute Gasteiger partial charge is 0.327 e. The molecule has 0 aliphatic rings. The van der Waals surface area contributed by atoms with E-state index in [-0.39, 0.29) is 0 Å². The molecule has 0 saturated carbocycles. The summed E-state index contributed by atoms with van der Waals surface area (Å²) in [6.07, 6.45) is 2.60. The van der Waals surface area contributed by atoms with Crippen LogP contribution in [0.15, 0.2) is 0 Å². The molecule has 0 aromatic heterocycles. The smallest absolute Gasteiger partial charge is 0.0102 e. The fraction of sp³-hybridized carbons (Fsp3) is 1.00. The van der Waals surface area contributed by atoms with Crippen LogP contribution in [-0.2, 0) is 0 Å². The molecule has 1 nitrogen and oxygen atoms in total. The van der Waals surface area contributed by atoms with Gasteiger partial charge in [0.25, 0.3) is 0 Å². The van der Waals surface area contributed by atoms with Gasteiger partial charge in [-0.2, -0.15) is 11.8 Å². The quantitative estimate of drug-likeness (QED) is 0.669. The van der Waals surface area contributed by atoms with Gasteiger partial charge in [-0.05, 0) is 13.3 Å². The van der Waals surface area contributed by atoms with Crippen molar-refractivity contribution in [3.05, 3.63) is 0 Å². The van der Waals surface area contributed by atoms with Crippen LogP contribution in [0.1, 0.15) is 33.6 Å². The molecule has 0 aromatic carbocycles. The van der Waals surface area contributed by atoms with E-state index in [1.807, 2.05) is 11.8 Å². The van der Waals surface area contributed by atoms with E-state index < -0.39 is 0 Å². The lowest BCUT2D eigenvalue weighted by atomic mass is 10.3. The van der Waals surface area contributed by atoms with E-state index in [0.717, 1.165) is 11.0 Å². The highest BCUT2D eigenvalue weighted by Crippen LogP contribution is 2.15. The van der Waals surface area contributed by atoms with E-state index >= 15 is 0 Å². The topological polar surface area (TPSA) is 26.0 Å². The zero-order valence-corrected chi connectivity index (χ0v) is 8.08. The van der Waals surface area contributed by atoms with Crippen molar-refractivity contribution in [3.63, 3.8) is 0 Å². The summed E-state index contributed by atoms with van der Waals surface area (Å²) in [6, 6.07) is 0.351. The second-order valence-corrected chi connectivity index (χ2v) is 4.38. The number of nitrogens with two attached hydrogens (primary N) is 1. The van der Waals surface area contributed by atoms with Gasteiger partial charge in [-0.1, -0.05) is 20.3 Å². The molecule has 0 heterocycles. The van der Waals surface area contributed by atoms with Crippen LogP contribution < -0.4 is 5.73 Å². The van der Waals surface area contributed by atoms with Gasteiger partial charge >= 0.3 is 0 Å². The van der Waals surface area contributed by atoms with Gasteiger partial charge in [0.1, 0.15) is 0 Å². The maximum absolute atomic E-state index is 5.62. The first-order valence-corrected chi connectivity index (χ1v) is 5.08. The normalized spacial score (nSPS) is 16.8. The van der Waals surface area contributed by atoms with Gasteiger partial charge in [-0.25, -0.2) is 0 Å². The molecule has 0 bridgehead atoms. The highest BCUT2D eigenvalue weighted by atomic mass is 32.2. The van der Waals surface area contributed by atoms with Gasteiger partial charge in [0.15, 0.2) is 0 Å². The molecule has 0 rings (SSSR count). The predicted molar refractivity (Wildman–Crippen MR) is 50.5 cm³/mol. The van der Waals surface area contributed by atoms with Crippen molar-refractivity contribution in [3.8, 4) is 0 Å². The number of thioether (sulfide) groups is 1. The zero-order valence-electron chi connectivity index (χ0n) is 7.26. The van der Waals surface area contributed by atoms with Gasteiger partial charge < -0.3 is 5.73 Å². The zero-order chi connectivity index (χ0) is 7.98. The third-order valence-electron chi connectivity index (χ3n) is 1.34. The molecule has 62 valence electrons. The first-order chi connectivity index (χ1) is 4.66. The summed E-state index contributed by atoms with van der Waals surface area (Å²) in [4.78, 5) is 0. The monoisotopic (exact) mass is 161 g/mol. The van der Waals surface area contributed by atoms with Crippen molar-refractivity contribution in [2.45, 2.75) is 44.9 Å². The molecular formula is C8H19NS. The third kappa shape index (κ3) is 6.43. The van der Waals surface area contributed by atoms with E-state index in [2.05, 4.69) is 20.8 Å². The molecule has 2 N–H and O–H groups in total. The Labute approximate surface area is 68.8 Å². The minimum atomic E-state index is 0.351. The lowest BCUT2D eigenvalue weighted by Gasteiger charge is -2.10. The second-order valence-electron chi connectivity index (χ2n) is 2.91. The van der Waals surface area contributed by atoms with Gasteiger partial charge in [-0.15, -0.1) is 0 Å². The fourth-order valence-corrected chi connectivity index (χ4v) is 1.84. The SMILES string of the molecule is CCCC(C)SCC(C)N. The van der Waals surface area contributed by atoms with Gasteiger partial charge in [0.05, 0.1) is 0 Å². The summed E-state index contributed by atoms with van der Waals surface area (Å²) in [5.41, 5.74) is 5.62. The Balaban J connectivity index is 3.12. The maximum atomic E-state index is 5.62. The number of hydrogen-bond acceptors (Lipinski definition) is 2. The predicted octanol–water partition coefficient (Wildman–Crippen LogP) is 2.26. The van der Waals surface area contributed by atoms with Crippen molar-refractivity contribution >= 4 is 11.8 Å². The van der Waals surface area contributed by atoms with E-state index in [0.29, 0.717) is 6.04 Å². The Morgan fingerprint density at radius 2 is 2.00 bits per heavy atom. The third-order valence-corrected chi connectivity index (χ3v) is 2.86. The Morgan fingerprint density at radius 3 is 2.40 bits per heavy atom. The first-order valence-electron chi connectivity index (χ1n) is 4.04. The van der Waals surface area contributed by atoms with Crippen LogP contribution in [0.3, 0.4) is 0 Å². The molecule has 2 unspecified atom stereocenters. The van der Waals surface area contributed by atoms with Gasteiger partial charge in [-0.3, -0.25) is 0 Å². The molecule has 10 heavy (non-hydrogen) atoms. The molecule has 0 radical (unpaired) electrons. The highest BCUT2D eigenvalue weighted by molar-refractivity contribution is 7.99. The van der Waals surface area contributed by atoms with Crippen LogP contribution in [0.2, 0.25) is 0 Å². The molecule has 0 aliphatic carbocycles. The van der Waals surface area contributed by atoms with Crippen molar-refractivity contribution in [1.82, 2.24) is 0 Å². The van der Waals surface area contributed by atoms with Crippen LogP contribution >= 0.6 is 11.8 Å². The molecule has 0 fully saturated rings. The molecule has 0 saturated heterocycles. The van der Waals surface area contributed by atoms with Crippen molar-refractivity contribution < 1.29 is 0 Å². The lowest BCUT2D eigenvalue weighted by Crippen LogP contribution is -2.19. The average Bonchev–Trinajstić information content (AvgIpc) is 1.85. The van der Waals surface area contributed by atoms with Crippen molar-refractivity contribution in [2.75, 3.05) is 5.75 Å². The molecule has 2 heteroatoms. The van der Waals surface area contributed by atoms with Gasteiger partial charge in [0, 0.05) is 17.0 Å². The Bertz CT molecular complexity index is 73.7. The minimum absolute atomic E-state index is 0.351. The summed E-state index contributed by atoms with van der Waals surface area (Å²) in [6.45, 7) is 6.56. The Kier molecular flexibility index (Phi) is 6.24. The fourth-order valence-electron chi connectivity index (χ4n) is 0.806. The maximum Gasteiger partial charge on any atom is 0.0102 e. The highest BCUT2D eigenvalue weighted by Gasteiger charge is 2.01. The van der Waals surface area contributed by atoms with E-state index in [1.165, 1.54) is 12.8 Å². The molecule has 0 spiro atoms. The molecule has 0 aliphatic heterocycles. The van der Waals surface area contributed by atoms with Crippen LogP contribution in [-0.4, -0.2) is 17.0 Å². The summed E-state index contributed by atoms with van der Waals surface area (Å²) in [7, 11) is 0. The number of rotatable bonds is 5. The van der Waals surface area contributed by atoms with Crippen molar-refractivity contribution in [2.24, 2.45) is 5.73 Å². The standard InChI is InChI=1S/C8H19NS/c1-4-5-8(3)10-6-7(2)9/h7-8H,4-6,9H2,1-3H3. The second kappa shape index (κ2) is 6.05.